The van der Waals surface area contributed by atoms with Gasteiger partial charge in [-0.1, -0.05) is 32.9 Å². The third kappa shape index (κ3) is 6.08. The highest BCUT2D eigenvalue weighted by Crippen LogP contribution is 2.26. The molecule has 29 heavy (non-hydrogen) atoms. The van der Waals surface area contributed by atoms with Gasteiger partial charge in [-0.3, -0.25) is 9.59 Å². The molecule has 0 atom stereocenters. The lowest BCUT2D eigenvalue weighted by atomic mass is 9.87. The van der Waals surface area contributed by atoms with Gasteiger partial charge in [0.15, 0.2) is 0 Å². The van der Waals surface area contributed by atoms with Crippen LogP contribution in [-0.4, -0.2) is 17.9 Å². The Morgan fingerprint density at radius 1 is 0.759 bits per heavy atom. The van der Waals surface area contributed by atoms with Crippen LogP contribution in [-0.2, 0) is 15.0 Å². The summed E-state index contributed by atoms with van der Waals surface area (Å²) in [4.78, 5) is 25.4. The van der Waals surface area contributed by atoms with Crippen molar-refractivity contribution in [1.82, 2.24) is 0 Å². The smallest absolute Gasteiger partial charge is 0.239 e. The molecule has 2 aromatic rings. The standard InChI is InChI=1S/C24H32N2O3/c1-16(2)29-20-14-12-19(13-15-20)26-22(28)24(6,7)21(27)25-18-10-8-17(9-11-18)23(3,4)5/h8-16H,1-7H3,(H,25,27)(H,26,28). The quantitative estimate of drug-likeness (QED) is 0.645. The molecule has 2 aromatic carbocycles. The third-order valence-electron chi connectivity index (χ3n) is 4.63. The molecule has 5 nitrogen and oxygen atoms in total. The molecule has 2 amide bonds. The van der Waals surface area contributed by atoms with Crippen LogP contribution in [0.1, 0.15) is 54.0 Å². The first kappa shape index (κ1) is 22.5. The molecule has 0 aliphatic rings. The van der Waals surface area contributed by atoms with Crippen LogP contribution >= 0.6 is 0 Å². The van der Waals surface area contributed by atoms with Gasteiger partial charge in [0.25, 0.3) is 0 Å². The lowest BCUT2D eigenvalue weighted by Gasteiger charge is -2.23. The van der Waals surface area contributed by atoms with Crippen molar-refractivity contribution >= 4 is 23.2 Å². The van der Waals surface area contributed by atoms with Crippen molar-refractivity contribution in [2.75, 3.05) is 10.6 Å². The predicted molar refractivity (Wildman–Crippen MR) is 118 cm³/mol. The second kappa shape index (κ2) is 8.68. The fourth-order valence-corrected chi connectivity index (χ4v) is 2.62. The maximum absolute atomic E-state index is 12.7. The highest BCUT2D eigenvalue weighted by Gasteiger charge is 2.36. The highest BCUT2D eigenvalue weighted by atomic mass is 16.5. The topological polar surface area (TPSA) is 67.4 Å². The van der Waals surface area contributed by atoms with Gasteiger partial charge in [0.05, 0.1) is 6.10 Å². The summed E-state index contributed by atoms with van der Waals surface area (Å²) in [6.07, 6.45) is 0.0792. The Labute approximate surface area is 173 Å². The van der Waals surface area contributed by atoms with E-state index in [1.54, 1.807) is 38.1 Å². The average Bonchev–Trinajstić information content (AvgIpc) is 2.62. The SMILES string of the molecule is CC(C)Oc1ccc(NC(=O)C(C)(C)C(=O)Nc2ccc(C(C)(C)C)cc2)cc1. The van der Waals surface area contributed by atoms with Crippen LogP contribution in [0.4, 0.5) is 11.4 Å². The number of ether oxygens (including phenoxy) is 1. The number of amides is 2. The first-order chi connectivity index (χ1) is 13.4. The van der Waals surface area contributed by atoms with Gasteiger partial charge in [-0.25, -0.2) is 0 Å². The van der Waals surface area contributed by atoms with Gasteiger partial charge in [-0.05, 0) is 75.1 Å². The Hall–Kier alpha value is -2.82. The number of anilines is 2. The maximum atomic E-state index is 12.7. The normalized spacial score (nSPS) is 11.9. The van der Waals surface area contributed by atoms with E-state index in [4.69, 9.17) is 4.74 Å². The van der Waals surface area contributed by atoms with Gasteiger partial charge in [0, 0.05) is 11.4 Å². The number of carbonyl (C=O) groups is 2. The lowest BCUT2D eigenvalue weighted by Crippen LogP contribution is -2.41. The molecule has 0 radical (unpaired) electrons. The van der Waals surface area contributed by atoms with E-state index < -0.39 is 5.41 Å². The first-order valence-electron chi connectivity index (χ1n) is 9.90. The van der Waals surface area contributed by atoms with Crippen molar-refractivity contribution in [2.24, 2.45) is 5.41 Å². The molecular formula is C24H32N2O3. The van der Waals surface area contributed by atoms with Crippen molar-refractivity contribution in [1.29, 1.82) is 0 Å². The van der Waals surface area contributed by atoms with Crippen LogP contribution < -0.4 is 15.4 Å². The van der Waals surface area contributed by atoms with E-state index in [0.717, 1.165) is 5.75 Å². The van der Waals surface area contributed by atoms with Gasteiger partial charge in [0.1, 0.15) is 11.2 Å². The van der Waals surface area contributed by atoms with E-state index in [-0.39, 0.29) is 23.3 Å². The number of nitrogens with one attached hydrogen (secondary N) is 2. The molecule has 0 spiro atoms. The third-order valence-corrected chi connectivity index (χ3v) is 4.63. The average molecular weight is 397 g/mol. The van der Waals surface area contributed by atoms with Gasteiger partial charge < -0.3 is 15.4 Å². The van der Waals surface area contributed by atoms with E-state index in [1.807, 2.05) is 38.1 Å². The van der Waals surface area contributed by atoms with Gasteiger partial charge in [-0.2, -0.15) is 0 Å². The molecule has 0 fully saturated rings. The Morgan fingerprint density at radius 3 is 1.55 bits per heavy atom. The Bertz CT molecular complexity index is 845. The largest absolute Gasteiger partial charge is 0.491 e. The Morgan fingerprint density at radius 2 is 1.17 bits per heavy atom. The maximum Gasteiger partial charge on any atom is 0.239 e. The van der Waals surface area contributed by atoms with Gasteiger partial charge >= 0.3 is 0 Å². The molecule has 0 aliphatic heterocycles. The van der Waals surface area contributed by atoms with Crippen molar-refractivity contribution in [3.8, 4) is 5.75 Å². The van der Waals surface area contributed by atoms with Crippen LogP contribution in [0.5, 0.6) is 5.75 Å². The van der Waals surface area contributed by atoms with Crippen molar-refractivity contribution < 1.29 is 14.3 Å². The number of carbonyl (C=O) groups excluding carboxylic acids is 2. The van der Waals surface area contributed by atoms with Crippen LogP contribution in [0.2, 0.25) is 0 Å². The molecule has 0 unspecified atom stereocenters. The fraction of sp³-hybridized carbons (Fsp3) is 0.417. The van der Waals surface area contributed by atoms with Gasteiger partial charge in [0.2, 0.25) is 11.8 Å². The van der Waals surface area contributed by atoms with Crippen LogP contribution in [0.15, 0.2) is 48.5 Å². The molecule has 0 heterocycles. The predicted octanol–water partition coefficient (Wildman–Crippen LogP) is 5.37. The number of rotatable bonds is 6. The summed E-state index contributed by atoms with van der Waals surface area (Å²) in [5, 5.41) is 5.64. The second-order valence-electron chi connectivity index (χ2n) is 9.05. The van der Waals surface area contributed by atoms with Crippen molar-refractivity contribution in [3.63, 3.8) is 0 Å². The van der Waals surface area contributed by atoms with Crippen LogP contribution in [0.25, 0.3) is 0 Å². The molecule has 5 heteroatoms. The molecular weight excluding hydrogens is 364 g/mol. The Kier molecular flexibility index (Phi) is 6.73. The number of hydrogen-bond donors (Lipinski definition) is 2. The molecule has 0 saturated carbocycles. The fourth-order valence-electron chi connectivity index (χ4n) is 2.62. The van der Waals surface area contributed by atoms with Crippen LogP contribution in [0, 0.1) is 5.41 Å². The summed E-state index contributed by atoms with van der Waals surface area (Å²) < 4.78 is 5.60. The minimum Gasteiger partial charge on any atom is -0.491 e. The summed E-state index contributed by atoms with van der Waals surface area (Å²) in [6.45, 7) is 13.5. The highest BCUT2D eigenvalue weighted by molar-refractivity contribution is 6.14. The molecule has 0 aromatic heterocycles. The summed E-state index contributed by atoms with van der Waals surface area (Å²) in [6, 6.07) is 14.8. The van der Waals surface area contributed by atoms with Crippen LogP contribution in [0.3, 0.4) is 0 Å². The monoisotopic (exact) mass is 396 g/mol. The first-order valence-corrected chi connectivity index (χ1v) is 9.90. The summed E-state index contributed by atoms with van der Waals surface area (Å²) in [7, 11) is 0. The molecule has 0 saturated heterocycles. The van der Waals surface area contributed by atoms with E-state index in [0.29, 0.717) is 11.4 Å². The summed E-state index contributed by atoms with van der Waals surface area (Å²) in [5.41, 5.74) is 1.26. The molecule has 2 N–H and O–H groups in total. The van der Waals surface area contributed by atoms with Crippen molar-refractivity contribution in [2.45, 2.75) is 60.0 Å². The molecule has 156 valence electrons. The zero-order valence-electron chi connectivity index (χ0n) is 18.4. The number of hydrogen-bond acceptors (Lipinski definition) is 3. The molecule has 0 aliphatic carbocycles. The minimum atomic E-state index is -1.24. The second-order valence-corrected chi connectivity index (χ2v) is 9.05. The number of benzene rings is 2. The van der Waals surface area contributed by atoms with Crippen molar-refractivity contribution in [3.05, 3.63) is 54.1 Å². The van der Waals surface area contributed by atoms with Gasteiger partial charge in [-0.15, -0.1) is 0 Å². The molecule has 0 bridgehead atoms. The summed E-state index contributed by atoms with van der Waals surface area (Å²) >= 11 is 0. The van der Waals surface area contributed by atoms with E-state index in [2.05, 4.69) is 31.4 Å². The van der Waals surface area contributed by atoms with E-state index in [9.17, 15) is 9.59 Å². The lowest BCUT2D eigenvalue weighted by molar-refractivity contribution is -0.135. The zero-order valence-corrected chi connectivity index (χ0v) is 18.4. The van der Waals surface area contributed by atoms with E-state index in [1.165, 1.54) is 5.56 Å². The minimum absolute atomic E-state index is 0.0391. The molecule has 2 rings (SSSR count). The Balaban J connectivity index is 2.02. The zero-order chi connectivity index (χ0) is 21.8. The summed E-state index contributed by atoms with van der Waals surface area (Å²) in [5.74, 6) is -0.00850. The van der Waals surface area contributed by atoms with E-state index >= 15 is 0 Å².